The van der Waals surface area contributed by atoms with Crippen molar-refractivity contribution in [2.24, 2.45) is 0 Å². The Morgan fingerprint density at radius 3 is 2.93 bits per heavy atom. The van der Waals surface area contributed by atoms with Crippen molar-refractivity contribution in [3.05, 3.63) is 21.3 Å². The van der Waals surface area contributed by atoms with Crippen molar-refractivity contribution >= 4 is 28.8 Å². The van der Waals surface area contributed by atoms with Crippen LogP contribution in [0.15, 0.2) is 12.1 Å². The fraction of sp³-hybridized carbons (Fsp3) is 0.444. The zero-order valence-electron chi connectivity index (χ0n) is 8.03. The van der Waals surface area contributed by atoms with Gasteiger partial charge in [0.1, 0.15) is 0 Å². The van der Waals surface area contributed by atoms with E-state index in [4.69, 9.17) is 21.4 Å². The highest BCUT2D eigenvalue weighted by Gasteiger charge is 2.06. The maximum Gasteiger partial charge on any atom is 0.261 e. The van der Waals surface area contributed by atoms with Crippen molar-refractivity contribution in [2.75, 3.05) is 26.4 Å². The van der Waals surface area contributed by atoms with E-state index in [0.29, 0.717) is 29.0 Å². The highest BCUT2D eigenvalue weighted by Crippen LogP contribution is 2.20. The minimum Gasteiger partial charge on any atom is -0.394 e. The van der Waals surface area contributed by atoms with Crippen molar-refractivity contribution in [3.8, 4) is 0 Å². The number of aliphatic hydroxyl groups excluding tert-OH is 1. The van der Waals surface area contributed by atoms with Crippen LogP contribution in [0.3, 0.4) is 0 Å². The van der Waals surface area contributed by atoms with Gasteiger partial charge in [-0.2, -0.15) is 0 Å². The Kier molecular flexibility index (Phi) is 5.63. The first kappa shape index (κ1) is 12.4. The van der Waals surface area contributed by atoms with Gasteiger partial charge in [0, 0.05) is 6.54 Å². The molecule has 84 valence electrons. The average Bonchev–Trinajstić information content (AvgIpc) is 2.64. The smallest absolute Gasteiger partial charge is 0.261 e. The molecule has 0 aromatic carbocycles. The standard InChI is InChI=1S/C9H12ClNO3S/c10-8-2-1-7(15-8)9(13)11-3-5-14-6-4-12/h1-2,12H,3-6H2,(H,11,13). The summed E-state index contributed by atoms with van der Waals surface area (Å²) >= 11 is 6.93. The van der Waals surface area contributed by atoms with Gasteiger partial charge in [-0.05, 0) is 12.1 Å². The topological polar surface area (TPSA) is 58.6 Å². The van der Waals surface area contributed by atoms with Crippen molar-refractivity contribution in [2.45, 2.75) is 0 Å². The van der Waals surface area contributed by atoms with Crippen molar-refractivity contribution in [3.63, 3.8) is 0 Å². The number of rotatable bonds is 6. The van der Waals surface area contributed by atoms with E-state index >= 15 is 0 Å². The van der Waals surface area contributed by atoms with Crippen molar-refractivity contribution in [1.29, 1.82) is 0 Å². The van der Waals surface area contributed by atoms with Gasteiger partial charge < -0.3 is 15.2 Å². The first-order valence-corrected chi connectivity index (χ1v) is 5.65. The van der Waals surface area contributed by atoms with Crippen LogP contribution >= 0.6 is 22.9 Å². The van der Waals surface area contributed by atoms with Gasteiger partial charge >= 0.3 is 0 Å². The lowest BCUT2D eigenvalue weighted by atomic mass is 10.4. The molecule has 2 N–H and O–H groups in total. The average molecular weight is 250 g/mol. The molecule has 1 aromatic heterocycles. The number of aliphatic hydroxyl groups is 1. The molecule has 15 heavy (non-hydrogen) atoms. The van der Waals surface area contributed by atoms with Crippen LogP contribution in [0.1, 0.15) is 9.67 Å². The molecule has 0 fully saturated rings. The van der Waals surface area contributed by atoms with Crippen LogP contribution in [0.25, 0.3) is 0 Å². The summed E-state index contributed by atoms with van der Waals surface area (Å²) < 4.78 is 5.58. The third-order valence-corrected chi connectivity index (χ3v) is 2.79. The van der Waals surface area contributed by atoms with Crippen LogP contribution in [-0.4, -0.2) is 37.4 Å². The molecule has 1 rings (SSSR count). The van der Waals surface area contributed by atoms with Crippen LogP contribution < -0.4 is 5.32 Å². The number of hydrogen-bond acceptors (Lipinski definition) is 4. The summed E-state index contributed by atoms with van der Waals surface area (Å²) in [6, 6.07) is 3.36. The molecule has 0 bridgehead atoms. The van der Waals surface area contributed by atoms with E-state index in [0.717, 1.165) is 0 Å². The van der Waals surface area contributed by atoms with E-state index < -0.39 is 0 Å². The molecule has 6 heteroatoms. The number of amides is 1. The fourth-order valence-corrected chi connectivity index (χ4v) is 1.89. The van der Waals surface area contributed by atoms with Crippen LogP contribution in [0, 0.1) is 0 Å². The molecular weight excluding hydrogens is 238 g/mol. The summed E-state index contributed by atoms with van der Waals surface area (Å²) in [5.74, 6) is -0.153. The van der Waals surface area contributed by atoms with Gasteiger partial charge in [-0.3, -0.25) is 4.79 Å². The van der Waals surface area contributed by atoms with Gasteiger partial charge in [0.05, 0.1) is 29.0 Å². The normalized spacial score (nSPS) is 10.3. The number of carbonyl (C=O) groups is 1. The lowest BCUT2D eigenvalue weighted by Crippen LogP contribution is -2.26. The lowest BCUT2D eigenvalue weighted by Gasteiger charge is -2.03. The van der Waals surface area contributed by atoms with Gasteiger partial charge in [0.15, 0.2) is 0 Å². The number of halogens is 1. The van der Waals surface area contributed by atoms with E-state index in [2.05, 4.69) is 5.32 Å². The Morgan fingerprint density at radius 1 is 1.53 bits per heavy atom. The van der Waals surface area contributed by atoms with E-state index in [1.165, 1.54) is 11.3 Å². The Labute approximate surface area is 96.8 Å². The molecule has 0 unspecified atom stereocenters. The molecule has 0 aliphatic carbocycles. The van der Waals surface area contributed by atoms with Gasteiger partial charge in [-0.25, -0.2) is 0 Å². The second-order valence-corrected chi connectivity index (χ2v) is 4.41. The molecule has 4 nitrogen and oxygen atoms in total. The summed E-state index contributed by atoms with van der Waals surface area (Å²) in [6.07, 6.45) is 0. The molecule has 0 aliphatic rings. The maximum absolute atomic E-state index is 11.4. The second-order valence-electron chi connectivity index (χ2n) is 2.70. The molecular formula is C9H12ClNO3S. The van der Waals surface area contributed by atoms with Crippen molar-refractivity contribution in [1.82, 2.24) is 5.32 Å². The molecule has 0 radical (unpaired) electrons. The summed E-state index contributed by atoms with van der Waals surface area (Å²) in [7, 11) is 0. The highest BCUT2D eigenvalue weighted by atomic mass is 35.5. The van der Waals surface area contributed by atoms with Crippen molar-refractivity contribution < 1.29 is 14.6 Å². The number of ether oxygens (including phenoxy) is 1. The van der Waals surface area contributed by atoms with Crippen LogP contribution in [0.4, 0.5) is 0 Å². The SMILES string of the molecule is O=C(NCCOCCO)c1ccc(Cl)s1. The number of hydrogen-bond donors (Lipinski definition) is 2. The summed E-state index contributed by atoms with van der Waals surface area (Å²) in [6.45, 7) is 1.11. The number of nitrogens with one attached hydrogen (secondary N) is 1. The lowest BCUT2D eigenvalue weighted by molar-refractivity contribution is 0.0840. The summed E-state index contributed by atoms with van der Waals surface area (Å²) in [5, 5.41) is 11.1. The maximum atomic E-state index is 11.4. The van der Waals surface area contributed by atoms with Gasteiger partial charge in [0.25, 0.3) is 5.91 Å². The number of thiophene rings is 1. The quantitative estimate of drug-likeness (QED) is 0.744. The van der Waals surface area contributed by atoms with Gasteiger partial charge in [-0.1, -0.05) is 11.6 Å². The highest BCUT2D eigenvalue weighted by molar-refractivity contribution is 7.17. The molecule has 0 saturated carbocycles. The minimum atomic E-state index is -0.153. The predicted molar refractivity (Wildman–Crippen MR) is 59.6 cm³/mol. The molecule has 0 saturated heterocycles. The van der Waals surface area contributed by atoms with Crippen LogP contribution in [0.2, 0.25) is 4.34 Å². The van der Waals surface area contributed by atoms with Crippen LogP contribution in [-0.2, 0) is 4.74 Å². The first-order valence-electron chi connectivity index (χ1n) is 4.46. The second kappa shape index (κ2) is 6.79. The Morgan fingerprint density at radius 2 is 2.33 bits per heavy atom. The fourth-order valence-electron chi connectivity index (χ4n) is 0.927. The number of carbonyl (C=O) groups excluding carboxylic acids is 1. The first-order chi connectivity index (χ1) is 7.24. The molecule has 1 heterocycles. The third kappa shape index (κ3) is 4.61. The monoisotopic (exact) mass is 249 g/mol. The Bertz CT molecular complexity index is 316. The zero-order chi connectivity index (χ0) is 11.1. The third-order valence-electron chi connectivity index (χ3n) is 1.56. The predicted octanol–water partition coefficient (Wildman–Crippen LogP) is 1.14. The Hall–Kier alpha value is -0.620. The summed E-state index contributed by atoms with van der Waals surface area (Å²) in [4.78, 5) is 12.0. The Balaban J connectivity index is 2.19. The summed E-state index contributed by atoms with van der Waals surface area (Å²) in [5.41, 5.74) is 0. The largest absolute Gasteiger partial charge is 0.394 e. The van der Waals surface area contributed by atoms with E-state index in [1.54, 1.807) is 12.1 Å². The molecule has 0 spiro atoms. The van der Waals surface area contributed by atoms with Gasteiger partial charge in [0.2, 0.25) is 0 Å². The van der Waals surface area contributed by atoms with E-state index in [9.17, 15) is 4.79 Å². The zero-order valence-corrected chi connectivity index (χ0v) is 9.61. The minimum absolute atomic E-state index is 0.00548. The van der Waals surface area contributed by atoms with Crippen LogP contribution in [0.5, 0.6) is 0 Å². The molecule has 0 aliphatic heterocycles. The molecule has 1 aromatic rings. The van der Waals surface area contributed by atoms with E-state index in [-0.39, 0.29) is 12.5 Å². The molecule has 1 amide bonds. The van der Waals surface area contributed by atoms with E-state index in [1.807, 2.05) is 0 Å². The van der Waals surface area contributed by atoms with Gasteiger partial charge in [-0.15, -0.1) is 11.3 Å². The molecule has 0 atom stereocenters.